The van der Waals surface area contributed by atoms with Gasteiger partial charge in [-0.1, -0.05) is 42.0 Å². The van der Waals surface area contributed by atoms with Gasteiger partial charge in [0.25, 0.3) is 11.1 Å². The summed E-state index contributed by atoms with van der Waals surface area (Å²) in [6.07, 6.45) is 6.95. The third kappa shape index (κ3) is 4.37. The number of aromatic amines is 1. The molecule has 0 bridgehead atoms. The molecular weight excluding hydrogens is 428 g/mol. The van der Waals surface area contributed by atoms with Crippen LogP contribution in [-0.4, -0.2) is 46.1 Å². The Morgan fingerprint density at radius 3 is 2.81 bits per heavy atom. The maximum atomic E-state index is 13.4. The number of fused-ring (bicyclic) bond motifs is 3. The molecule has 32 heavy (non-hydrogen) atoms. The first-order valence-corrected chi connectivity index (χ1v) is 11.1. The number of para-hydroxylation sites is 1. The van der Waals surface area contributed by atoms with E-state index < -0.39 is 0 Å². The zero-order valence-corrected chi connectivity index (χ0v) is 19.1. The Morgan fingerprint density at radius 2 is 2.06 bits per heavy atom. The predicted octanol–water partition coefficient (Wildman–Crippen LogP) is 3.49. The first-order valence-electron chi connectivity index (χ1n) is 10.7. The molecule has 1 aromatic carbocycles. The number of nitrogens with one attached hydrogen (secondary N) is 1. The Kier molecular flexibility index (Phi) is 6.79. The number of H-pyrrole nitrogens is 1. The molecule has 0 spiro atoms. The highest BCUT2D eigenvalue weighted by Gasteiger charge is 2.22. The number of hydrogen-bond acceptors (Lipinski definition) is 4. The van der Waals surface area contributed by atoms with Crippen molar-refractivity contribution in [3.8, 4) is 5.69 Å². The van der Waals surface area contributed by atoms with Gasteiger partial charge in [-0.3, -0.25) is 19.6 Å². The lowest BCUT2D eigenvalue weighted by atomic mass is 10.2. The number of hydrogen-bond donors (Lipinski definition) is 1. The Hall–Kier alpha value is -2.87. The summed E-state index contributed by atoms with van der Waals surface area (Å²) in [6.45, 7) is 5.22. The Labute approximate surface area is 191 Å². The lowest BCUT2D eigenvalue weighted by Crippen LogP contribution is -2.28. The maximum Gasteiger partial charge on any atom is 0.280 e. The highest BCUT2D eigenvalue weighted by atomic mass is 35.5. The number of rotatable bonds is 6. The molecule has 0 saturated heterocycles. The van der Waals surface area contributed by atoms with Gasteiger partial charge in [-0.25, -0.2) is 4.68 Å². The van der Waals surface area contributed by atoms with E-state index in [0.29, 0.717) is 41.3 Å². The van der Waals surface area contributed by atoms with E-state index in [1.807, 2.05) is 25.1 Å². The van der Waals surface area contributed by atoms with Crippen molar-refractivity contribution in [3.05, 3.63) is 85.6 Å². The van der Waals surface area contributed by atoms with Crippen LogP contribution in [0.15, 0.2) is 63.7 Å². The van der Waals surface area contributed by atoms with Crippen molar-refractivity contribution >= 4 is 22.5 Å². The molecule has 0 radical (unpaired) electrons. The number of halogens is 1. The molecule has 1 aliphatic heterocycles. The molecule has 0 amide bonds. The molecule has 1 aliphatic rings. The fourth-order valence-corrected chi connectivity index (χ4v) is 4.41. The summed E-state index contributed by atoms with van der Waals surface area (Å²) < 4.78 is 8.26. The summed E-state index contributed by atoms with van der Waals surface area (Å²) in [7, 11) is 1.67. The van der Waals surface area contributed by atoms with Crippen LogP contribution in [0.4, 0.5) is 0 Å². The smallest absolute Gasteiger partial charge is 0.280 e. The van der Waals surface area contributed by atoms with Crippen molar-refractivity contribution in [1.29, 1.82) is 0 Å². The van der Waals surface area contributed by atoms with Crippen LogP contribution in [0.1, 0.15) is 19.0 Å². The zero-order valence-electron chi connectivity index (χ0n) is 18.3. The van der Waals surface area contributed by atoms with Crippen molar-refractivity contribution < 1.29 is 4.74 Å². The zero-order chi connectivity index (χ0) is 22.7. The van der Waals surface area contributed by atoms with E-state index in [2.05, 4.69) is 22.2 Å². The fraction of sp³-hybridized carbons (Fsp3) is 0.333. The normalized spacial score (nSPS) is 15.4. The van der Waals surface area contributed by atoms with Crippen molar-refractivity contribution in [2.24, 2.45) is 0 Å². The monoisotopic (exact) mass is 454 g/mol. The molecule has 0 saturated carbocycles. The molecule has 3 heterocycles. The van der Waals surface area contributed by atoms with Gasteiger partial charge in [0.05, 0.1) is 33.9 Å². The van der Waals surface area contributed by atoms with E-state index in [0.717, 1.165) is 30.8 Å². The van der Waals surface area contributed by atoms with E-state index in [-0.39, 0.29) is 11.1 Å². The first-order chi connectivity index (χ1) is 15.5. The molecule has 4 rings (SSSR count). The third-order valence-electron chi connectivity index (χ3n) is 5.76. The van der Waals surface area contributed by atoms with Crippen LogP contribution < -0.4 is 11.1 Å². The molecular formula is C24H27ClN4O3. The second kappa shape index (κ2) is 9.73. The Balaban J connectivity index is 1.77. The van der Waals surface area contributed by atoms with Gasteiger partial charge in [0.1, 0.15) is 0 Å². The standard InChI is InChI=1S/C24H27ClN4O3/c1-3-17(8-6-13-32-2)15-27-11-7-12-28-21(16-27)23-19(14-22(28)30)26-29(24(23)31)20-10-5-4-9-18(20)25/h3-6,8-10,14,26H,7,11-13,15-16H2,1-2H3/b8-6-,17-3+. The lowest BCUT2D eigenvalue weighted by molar-refractivity contribution is 0.233. The van der Waals surface area contributed by atoms with E-state index in [4.69, 9.17) is 16.3 Å². The molecule has 3 aromatic rings. The molecule has 0 unspecified atom stereocenters. The molecule has 0 atom stereocenters. The van der Waals surface area contributed by atoms with E-state index in [1.165, 1.54) is 10.7 Å². The van der Waals surface area contributed by atoms with Gasteiger partial charge in [-0.05, 0) is 31.1 Å². The number of methoxy groups -OCH3 is 1. The summed E-state index contributed by atoms with van der Waals surface area (Å²) in [5, 5.41) is 4.08. The summed E-state index contributed by atoms with van der Waals surface area (Å²) in [5.74, 6) is 0. The second-order valence-electron chi connectivity index (χ2n) is 7.86. The summed E-state index contributed by atoms with van der Waals surface area (Å²) in [6, 6.07) is 8.66. The molecule has 8 heteroatoms. The van der Waals surface area contributed by atoms with Gasteiger partial charge in [-0.15, -0.1) is 0 Å². The number of aromatic nitrogens is 3. The number of allylic oxidation sites excluding steroid dienone is 1. The summed E-state index contributed by atoms with van der Waals surface area (Å²) >= 11 is 6.33. The molecule has 0 fully saturated rings. The van der Waals surface area contributed by atoms with Crippen LogP contribution in [-0.2, 0) is 17.8 Å². The highest BCUT2D eigenvalue weighted by Crippen LogP contribution is 2.22. The lowest BCUT2D eigenvalue weighted by Gasteiger charge is -2.21. The van der Waals surface area contributed by atoms with E-state index in [9.17, 15) is 9.59 Å². The van der Waals surface area contributed by atoms with Crippen LogP contribution in [0.2, 0.25) is 5.02 Å². The number of ether oxygens (including phenoxy) is 1. The van der Waals surface area contributed by atoms with Gasteiger partial charge >= 0.3 is 0 Å². The topological polar surface area (TPSA) is 72.3 Å². The van der Waals surface area contributed by atoms with Gasteiger partial charge in [0, 0.05) is 39.4 Å². The second-order valence-corrected chi connectivity index (χ2v) is 8.27. The van der Waals surface area contributed by atoms with Gasteiger partial charge < -0.3 is 9.30 Å². The van der Waals surface area contributed by atoms with Crippen molar-refractivity contribution in [3.63, 3.8) is 0 Å². The first kappa shape index (κ1) is 22.3. The average molecular weight is 455 g/mol. The van der Waals surface area contributed by atoms with Crippen LogP contribution in [0.3, 0.4) is 0 Å². The molecule has 7 nitrogen and oxygen atoms in total. The van der Waals surface area contributed by atoms with Crippen molar-refractivity contribution in [2.75, 3.05) is 26.8 Å². The van der Waals surface area contributed by atoms with Crippen LogP contribution in [0, 0.1) is 0 Å². The molecule has 0 aliphatic carbocycles. The summed E-state index contributed by atoms with van der Waals surface area (Å²) in [5.41, 5.74) is 2.69. The minimum Gasteiger partial charge on any atom is -0.381 e. The Bertz CT molecular complexity index is 1300. The molecule has 2 aromatic heterocycles. The van der Waals surface area contributed by atoms with Crippen LogP contribution >= 0.6 is 11.6 Å². The van der Waals surface area contributed by atoms with Crippen LogP contribution in [0.25, 0.3) is 16.6 Å². The SMILES string of the molecule is C/C=C(\C=C/COC)CN1CCCn2c(c3c(=O)n(-c4ccccc4Cl)[nH]c3cc2=O)C1. The van der Waals surface area contributed by atoms with Gasteiger partial charge in [-0.2, -0.15) is 0 Å². The number of nitrogens with zero attached hydrogens (tertiary/aromatic N) is 3. The largest absolute Gasteiger partial charge is 0.381 e. The van der Waals surface area contributed by atoms with Crippen LogP contribution in [0.5, 0.6) is 0 Å². The van der Waals surface area contributed by atoms with E-state index >= 15 is 0 Å². The van der Waals surface area contributed by atoms with Gasteiger partial charge in [0.2, 0.25) is 0 Å². The van der Waals surface area contributed by atoms with Crippen molar-refractivity contribution in [2.45, 2.75) is 26.4 Å². The van der Waals surface area contributed by atoms with Gasteiger partial charge in [0.15, 0.2) is 0 Å². The minimum atomic E-state index is -0.204. The minimum absolute atomic E-state index is 0.104. The Morgan fingerprint density at radius 1 is 1.25 bits per heavy atom. The number of benzene rings is 1. The molecule has 168 valence electrons. The van der Waals surface area contributed by atoms with E-state index in [1.54, 1.807) is 23.8 Å². The average Bonchev–Trinajstić information content (AvgIpc) is 2.96. The maximum absolute atomic E-state index is 13.4. The quantitative estimate of drug-likeness (QED) is 0.579. The molecule has 1 N–H and O–H groups in total. The number of pyridine rings is 1. The third-order valence-corrected chi connectivity index (χ3v) is 6.08. The predicted molar refractivity (Wildman–Crippen MR) is 128 cm³/mol. The fourth-order valence-electron chi connectivity index (χ4n) is 4.19. The van der Waals surface area contributed by atoms with Crippen molar-refractivity contribution in [1.82, 2.24) is 19.2 Å². The highest BCUT2D eigenvalue weighted by molar-refractivity contribution is 6.32. The summed E-state index contributed by atoms with van der Waals surface area (Å²) in [4.78, 5) is 28.6.